The summed E-state index contributed by atoms with van der Waals surface area (Å²) in [6, 6.07) is 4.19. The number of H-pyrrole nitrogens is 1. The maximum absolute atomic E-state index is 12.7. The van der Waals surface area contributed by atoms with Gasteiger partial charge in [0.2, 0.25) is 0 Å². The molecular weight excluding hydrogens is 361 g/mol. The summed E-state index contributed by atoms with van der Waals surface area (Å²) in [6.07, 6.45) is -3.15. The first-order valence-corrected chi connectivity index (χ1v) is 8.42. The second-order valence-corrected chi connectivity index (χ2v) is 6.11. The molecule has 0 saturated carbocycles. The molecule has 146 valence electrons. The number of halogens is 3. The fourth-order valence-electron chi connectivity index (χ4n) is 2.59. The summed E-state index contributed by atoms with van der Waals surface area (Å²) in [5, 5.41) is 20.0. The Kier molecular flexibility index (Phi) is 6.37. The average molecular weight is 382 g/mol. The maximum Gasteiger partial charge on any atom is 0.416 e. The third-order valence-corrected chi connectivity index (χ3v) is 4.01. The van der Waals surface area contributed by atoms with Crippen LogP contribution in [0.3, 0.4) is 0 Å². The Morgan fingerprint density at radius 2 is 1.96 bits per heavy atom. The molecular formula is C18H21F3N4O2. The first-order chi connectivity index (χ1) is 12.7. The van der Waals surface area contributed by atoms with Gasteiger partial charge in [-0.1, -0.05) is 19.1 Å². The lowest BCUT2D eigenvalue weighted by Gasteiger charge is -2.18. The maximum atomic E-state index is 12.7. The quantitative estimate of drug-likeness (QED) is 0.552. The number of alkyl halides is 3. The van der Waals surface area contributed by atoms with Gasteiger partial charge in [0, 0.05) is 12.5 Å². The first kappa shape index (κ1) is 20.6. The molecule has 0 fully saturated rings. The molecule has 27 heavy (non-hydrogen) atoms. The van der Waals surface area contributed by atoms with E-state index in [1.54, 1.807) is 6.92 Å². The summed E-state index contributed by atoms with van der Waals surface area (Å²) in [6.45, 7) is 2.99. The predicted octanol–water partition coefficient (Wildman–Crippen LogP) is 3.27. The number of rotatable bonds is 7. The van der Waals surface area contributed by atoms with E-state index in [9.17, 15) is 23.1 Å². The van der Waals surface area contributed by atoms with E-state index >= 15 is 0 Å². The van der Waals surface area contributed by atoms with Crippen molar-refractivity contribution in [2.45, 2.75) is 38.9 Å². The smallest absolute Gasteiger partial charge is 0.390 e. The number of aromatic nitrogens is 2. The Bertz CT molecular complexity index is 860. The van der Waals surface area contributed by atoms with Crippen LogP contribution in [-0.4, -0.2) is 27.4 Å². The third-order valence-electron chi connectivity index (χ3n) is 4.01. The van der Waals surface area contributed by atoms with Crippen molar-refractivity contribution in [1.82, 2.24) is 9.97 Å². The number of anilines is 1. The van der Waals surface area contributed by atoms with E-state index in [1.807, 2.05) is 6.92 Å². The van der Waals surface area contributed by atoms with Crippen LogP contribution in [-0.2, 0) is 12.6 Å². The molecule has 0 amide bonds. The van der Waals surface area contributed by atoms with Gasteiger partial charge in [-0.25, -0.2) is 4.98 Å². The van der Waals surface area contributed by atoms with Crippen LogP contribution in [0.4, 0.5) is 19.0 Å². The van der Waals surface area contributed by atoms with Crippen LogP contribution in [0, 0.1) is 5.41 Å². The van der Waals surface area contributed by atoms with E-state index in [4.69, 9.17) is 5.41 Å². The lowest BCUT2D eigenvalue weighted by Crippen LogP contribution is -2.26. The molecule has 0 aliphatic carbocycles. The van der Waals surface area contributed by atoms with Gasteiger partial charge in [0.1, 0.15) is 17.2 Å². The van der Waals surface area contributed by atoms with Crippen molar-refractivity contribution in [3.63, 3.8) is 0 Å². The van der Waals surface area contributed by atoms with Crippen LogP contribution in [0.1, 0.15) is 48.8 Å². The van der Waals surface area contributed by atoms with Gasteiger partial charge in [0.05, 0.1) is 17.9 Å². The van der Waals surface area contributed by atoms with Crippen molar-refractivity contribution in [1.29, 1.82) is 5.41 Å². The zero-order chi connectivity index (χ0) is 20.2. The second-order valence-electron chi connectivity index (χ2n) is 6.11. The number of aryl methyl sites for hydroxylation is 1. The number of hydrogen-bond acceptors (Lipinski definition) is 5. The fourth-order valence-corrected chi connectivity index (χ4v) is 2.59. The van der Waals surface area contributed by atoms with Gasteiger partial charge < -0.3 is 20.8 Å². The summed E-state index contributed by atoms with van der Waals surface area (Å²) in [4.78, 5) is 19.2. The Balaban J connectivity index is 2.36. The minimum absolute atomic E-state index is 0.0869. The van der Waals surface area contributed by atoms with Gasteiger partial charge >= 0.3 is 6.18 Å². The fraction of sp³-hybridized carbons (Fsp3) is 0.389. The van der Waals surface area contributed by atoms with Crippen molar-refractivity contribution in [2.24, 2.45) is 0 Å². The minimum Gasteiger partial charge on any atom is -0.390 e. The Morgan fingerprint density at radius 3 is 2.48 bits per heavy atom. The Labute approximate surface area is 154 Å². The molecule has 2 rings (SSSR count). The van der Waals surface area contributed by atoms with Gasteiger partial charge in [-0.05, 0) is 31.0 Å². The third kappa shape index (κ3) is 4.94. The Hall–Kier alpha value is -2.68. The molecule has 4 N–H and O–H groups in total. The van der Waals surface area contributed by atoms with Crippen molar-refractivity contribution < 1.29 is 18.3 Å². The van der Waals surface area contributed by atoms with Gasteiger partial charge in [-0.3, -0.25) is 4.79 Å². The van der Waals surface area contributed by atoms with Gasteiger partial charge in [0.25, 0.3) is 5.56 Å². The lowest BCUT2D eigenvalue weighted by molar-refractivity contribution is -0.137. The summed E-state index contributed by atoms with van der Waals surface area (Å²) >= 11 is 0. The molecule has 1 atom stereocenters. The zero-order valence-corrected chi connectivity index (χ0v) is 14.9. The number of aliphatic hydroxyl groups is 1. The van der Waals surface area contributed by atoms with Crippen LogP contribution in [0.15, 0.2) is 29.1 Å². The second kappa shape index (κ2) is 8.34. The Morgan fingerprint density at radius 1 is 1.33 bits per heavy atom. The van der Waals surface area contributed by atoms with E-state index in [2.05, 4.69) is 15.3 Å². The number of hydrogen-bond donors (Lipinski definition) is 4. The highest BCUT2D eigenvalue weighted by Crippen LogP contribution is 2.30. The minimum atomic E-state index is -4.41. The van der Waals surface area contributed by atoms with Crippen LogP contribution in [0.5, 0.6) is 0 Å². The molecule has 1 unspecified atom stereocenters. The molecule has 6 nitrogen and oxygen atoms in total. The number of benzene rings is 1. The number of nitrogens with zero attached hydrogens (tertiary/aromatic N) is 1. The average Bonchev–Trinajstić information content (AvgIpc) is 2.60. The van der Waals surface area contributed by atoms with Crippen molar-refractivity contribution in [2.75, 3.05) is 11.9 Å². The summed E-state index contributed by atoms with van der Waals surface area (Å²) < 4.78 is 38.1. The molecule has 0 radical (unpaired) electrons. The van der Waals surface area contributed by atoms with Crippen LogP contribution >= 0.6 is 0 Å². The molecule has 9 heteroatoms. The van der Waals surface area contributed by atoms with Crippen LogP contribution < -0.4 is 10.9 Å². The largest absolute Gasteiger partial charge is 0.416 e. The topological polar surface area (TPSA) is 102 Å². The molecule has 1 heterocycles. The SMILES string of the molecule is CCCc1nc(NC(C)c2ccc(C(F)(F)F)cc2)c(C(=N)CO)c(=O)[nH]1. The molecule has 2 aromatic rings. The van der Waals surface area contributed by atoms with Gasteiger partial charge in [-0.2, -0.15) is 13.2 Å². The first-order valence-electron chi connectivity index (χ1n) is 8.42. The summed E-state index contributed by atoms with van der Waals surface area (Å²) in [7, 11) is 0. The highest BCUT2D eigenvalue weighted by molar-refractivity contribution is 6.02. The molecule has 1 aromatic carbocycles. The number of aromatic amines is 1. The molecule has 0 spiro atoms. The number of nitrogens with one attached hydrogen (secondary N) is 3. The molecule has 0 saturated heterocycles. The van der Waals surface area contributed by atoms with E-state index < -0.39 is 29.9 Å². The lowest BCUT2D eigenvalue weighted by atomic mass is 10.1. The monoisotopic (exact) mass is 382 g/mol. The summed E-state index contributed by atoms with van der Waals surface area (Å²) in [5.74, 6) is 0.549. The van der Waals surface area contributed by atoms with E-state index in [0.29, 0.717) is 17.8 Å². The highest BCUT2D eigenvalue weighted by Gasteiger charge is 2.30. The molecule has 0 aliphatic heterocycles. The van der Waals surface area contributed by atoms with E-state index in [1.165, 1.54) is 12.1 Å². The molecule has 0 bridgehead atoms. The highest BCUT2D eigenvalue weighted by atomic mass is 19.4. The predicted molar refractivity (Wildman–Crippen MR) is 96.2 cm³/mol. The zero-order valence-electron chi connectivity index (χ0n) is 14.9. The van der Waals surface area contributed by atoms with E-state index in [-0.39, 0.29) is 17.1 Å². The van der Waals surface area contributed by atoms with E-state index in [0.717, 1.165) is 18.6 Å². The van der Waals surface area contributed by atoms with Crippen LogP contribution in [0.2, 0.25) is 0 Å². The molecule has 1 aromatic heterocycles. The normalized spacial score (nSPS) is 12.7. The van der Waals surface area contributed by atoms with Gasteiger partial charge in [-0.15, -0.1) is 0 Å². The van der Waals surface area contributed by atoms with Gasteiger partial charge in [0.15, 0.2) is 0 Å². The van der Waals surface area contributed by atoms with Crippen molar-refractivity contribution >= 4 is 11.5 Å². The molecule has 0 aliphatic rings. The van der Waals surface area contributed by atoms with Crippen molar-refractivity contribution in [3.8, 4) is 0 Å². The van der Waals surface area contributed by atoms with Crippen molar-refractivity contribution in [3.05, 3.63) is 57.1 Å². The van der Waals surface area contributed by atoms with Crippen LogP contribution in [0.25, 0.3) is 0 Å². The number of aliphatic hydroxyl groups excluding tert-OH is 1. The standard InChI is InChI=1S/C18H21F3N4O2/c1-3-4-14-24-16(15(13(22)9-26)17(27)25-14)23-10(2)11-5-7-12(8-6-11)18(19,20)21/h5-8,10,22,26H,3-4,9H2,1-2H3,(H2,23,24,25,27). The summed E-state index contributed by atoms with van der Waals surface area (Å²) in [5.41, 5.74) is -1.12.